The summed E-state index contributed by atoms with van der Waals surface area (Å²) in [7, 11) is 0. The summed E-state index contributed by atoms with van der Waals surface area (Å²) >= 11 is 0. The predicted octanol–water partition coefficient (Wildman–Crippen LogP) is 3.86. The number of nitrogens with zero attached hydrogens (tertiary/aromatic N) is 1. The van der Waals surface area contributed by atoms with E-state index in [0.717, 1.165) is 42.0 Å². The largest absolute Gasteiger partial charge is 0.493 e. The first kappa shape index (κ1) is 39.0. The molecule has 6 atom stereocenters. The molecule has 12 heteroatoms. The third-order valence-corrected chi connectivity index (χ3v) is 10.8. The molecule has 2 bridgehead atoms. The molecule has 6 N–H and O–H groups in total. The number of hydrogen-bond donors (Lipinski definition) is 5. The Hall–Kier alpha value is -4.68. The van der Waals surface area contributed by atoms with Gasteiger partial charge in [0.1, 0.15) is 17.5 Å². The van der Waals surface area contributed by atoms with Gasteiger partial charge in [0.05, 0.1) is 43.4 Å². The van der Waals surface area contributed by atoms with Gasteiger partial charge in [-0.3, -0.25) is 24.1 Å². The molecule has 4 aliphatic rings. The van der Waals surface area contributed by atoms with Crippen molar-refractivity contribution < 1.29 is 33.8 Å². The number of piperidine rings is 1. The van der Waals surface area contributed by atoms with E-state index in [1.165, 1.54) is 0 Å². The molecular weight excluding hydrogens is 686 g/mol. The van der Waals surface area contributed by atoms with Gasteiger partial charge >= 0.3 is 0 Å². The van der Waals surface area contributed by atoms with Crippen LogP contribution in [0.15, 0.2) is 60.7 Å². The van der Waals surface area contributed by atoms with Crippen LogP contribution in [0.5, 0.6) is 11.5 Å². The molecule has 7 rings (SSSR count). The molecule has 3 aromatic rings. The first-order chi connectivity index (χ1) is 25.8. The summed E-state index contributed by atoms with van der Waals surface area (Å²) in [6.45, 7) is 7.35. The number of hydrogen-bond acceptors (Lipinski definition) is 8. The predicted molar refractivity (Wildman–Crippen MR) is 206 cm³/mol. The first-order valence-electron chi connectivity index (χ1n) is 19.3. The Morgan fingerprint density at radius 2 is 1.63 bits per heavy atom. The van der Waals surface area contributed by atoms with E-state index < -0.39 is 53.9 Å². The number of ether oxygens (including phenoxy) is 2. The Morgan fingerprint density at radius 1 is 0.944 bits per heavy atom. The average molecular weight is 742 g/mol. The summed E-state index contributed by atoms with van der Waals surface area (Å²) in [4.78, 5) is 56.1. The minimum atomic E-state index is -1.33. The van der Waals surface area contributed by atoms with Crippen LogP contribution in [0.1, 0.15) is 81.6 Å². The van der Waals surface area contributed by atoms with Gasteiger partial charge in [-0.15, -0.1) is 0 Å². The van der Waals surface area contributed by atoms with Crippen LogP contribution in [0.4, 0.5) is 0 Å². The van der Waals surface area contributed by atoms with E-state index in [1.54, 1.807) is 12.1 Å². The fourth-order valence-corrected chi connectivity index (χ4v) is 8.13. The van der Waals surface area contributed by atoms with Gasteiger partial charge in [0, 0.05) is 25.0 Å². The van der Waals surface area contributed by atoms with Crippen molar-refractivity contribution in [3.05, 3.63) is 71.8 Å². The van der Waals surface area contributed by atoms with Crippen molar-refractivity contribution in [2.45, 2.75) is 102 Å². The smallest absolute Gasteiger partial charge is 0.255 e. The number of aliphatic hydroxyl groups excluding tert-OH is 1. The van der Waals surface area contributed by atoms with E-state index in [-0.39, 0.29) is 31.0 Å². The number of primary amides is 1. The Labute approximate surface area is 317 Å². The van der Waals surface area contributed by atoms with Crippen LogP contribution in [0.3, 0.4) is 0 Å². The summed E-state index contributed by atoms with van der Waals surface area (Å²) < 4.78 is 12.1. The summed E-state index contributed by atoms with van der Waals surface area (Å²) in [6.07, 6.45) is 4.42. The number of likely N-dealkylation sites (tertiary alicyclic amines) is 1. The van der Waals surface area contributed by atoms with Crippen LogP contribution < -0.4 is 31.2 Å². The lowest BCUT2D eigenvalue weighted by Gasteiger charge is -2.47. The minimum absolute atomic E-state index is 0.0654. The Kier molecular flexibility index (Phi) is 12.4. The Balaban J connectivity index is 1.30. The highest BCUT2D eigenvalue weighted by atomic mass is 16.5. The molecular formula is C42H55N5O7. The summed E-state index contributed by atoms with van der Waals surface area (Å²) in [6, 6.07) is 15.9. The highest BCUT2D eigenvalue weighted by Gasteiger charge is 2.42. The molecule has 54 heavy (non-hydrogen) atoms. The van der Waals surface area contributed by atoms with E-state index in [0.29, 0.717) is 49.3 Å². The molecule has 1 saturated carbocycles. The topological polar surface area (TPSA) is 172 Å². The van der Waals surface area contributed by atoms with E-state index in [9.17, 15) is 24.3 Å². The minimum Gasteiger partial charge on any atom is -0.493 e. The second-order valence-corrected chi connectivity index (χ2v) is 16.2. The molecule has 12 nitrogen and oxygen atoms in total. The van der Waals surface area contributed by atoms with Crippen molar-refractivity contribution in [2.24, 2.45) is 17.6 Å². The van der Waals surface area contributed by atoms with Crippen molar-refractivity contribution in [1.29, 1.82) is 0 Å². The van der Waals surface area contributed by atoms with E-state index in [1.807, 2.05) is 69.3 Å². The molecule has 2 unspecified atom stereocenters. The molecule has 290 valence electrons. The lowest BCUT2D eigenvalue weighted by molar-refractivity contribution is -0.133. The van der Waals surface area contributed by atoms with Gasteiger partial charge in [0.25, 0.3) is 5.91 Å². The number of benzene rings is 3. The first-order valence-corrected chi connectivity index (χ1v) is 19.3. The van der Waals surface area contributed by atoms with E-state index in [2.05, 4.69) is 20.9 Å². The summed E-state index contributed by atoms with van der Waals surface area (Å²) in [5.41, 5.74) is 6.23. The average Bonchev–Trinajstić information content (AvgIpc) is 3.12. The number of carbonyl (C=O) groups is 4. The van der Waals surface area contributed by atoms with Gasteiger partial charge in [-0.25, -0.2) is 0 Å². The number of rotatable bonds is 6. The number of nitrogens with two attached hydrogens (primary N) is 1. The highest BCUT2D eigenvalue weighted by Crippen LogP contribution is 2.39. The number of amides is 4. The van der Waals surface area contributed by atoms with Crippen molar-refractivity contribution in [3.63, 3.8) is 0 Å². The van der Waals surface area contributed by atoms with Gasteiger partial charge in [-0.05, 0) is 92.5 Å². The molecule has 0 spiro atoms. The summed E-state index contributed by atoms with van der Waals surface area (Å²) in [5.74, 6) is -0.241. The van der Waals surface area contributed by atoms with Gasteiger partial charge < -0.3 is 36.3 Å². The third-order valence-electron chi connectivity index (χ3n) is 10.8. The third kappa shape index (κ3) is 10.1. The monoisotopic (exact) mass is 741 g/mol. The molecule has 2 fully saturated rings. The second kappa shape index (κ2) is 17.2. The van der Waals surface area contributed by atoms with Crippen LogP contribution in [-0.4, -0.2) is 89.7 Å². The van der Waals surface area contributed by atoms with Crippen LogP contribution >= 0.6 is 0 Å². The zero-order chi connectivity index (χ0) is 38.4. The maximum atomic E-state index is 14.1. The van der Waals surface area contributed by atoms with Crippen molar-refractivity contribution in [3.8, 4) is 11.5 Å². The van der Waals surface area contributed by atoms with Crippen LogP contribution in [0, 0.1) is 11.8 Å². The van der Waals surface area contributed by atoms with E-state index in [4.69, 9.17) is 15.2 Å². The molecule has 3 aliphatic heterocycles. The van der Waals surface area contributed by atoms with Gasteiger partial charge in [-0.2, -0.15) is 0 Å². The van der Waals surface area contributed by atoms with Gasteiger partial charge in [-0.1, -0.05) is 55.7 Å². The zero-order valence-corrected chi connectivity index (χ0v) is 31.6. The lowest BCUT2D eigenvalue weighted by atomic mass is 9.72. The number of nitrogens with one attached hydrogen (secondary N) is 3. The van der Waals surface area contributed by atoms with Crippen LogP contribution in [0.2, 0.25) is 0 Å². The molecule has 4 amide bonds. The maximum Gasteiger partial charge on any atom is 0.255 e. The van der Waals surface area contributed by atoms with E-state index >= 15 is 0 Å². The molecule has 1 saturated heterocycles. The van der Waals surface area contributed by atoms with Crippen molar-refractivity contribution in [1.82, 2.24) is 20.9 Å². The normalized spacial score (nSPS) is 25.0. The van der Waals surface area contributed by atoms with Gasteiger partial charge in [0.2, 0.25) is 17.7 Å². The van der Waals surface area contributed by atoms with Crippen molar-refractivity contribution >= 4 is 34.4 Å². The quantitative estimate of drug-likeness (QED) is 0.254. The maximum absolute atomic E-state index is 14.1. The molecule has 3 aromatic carbocycles. The molecule has 0 radical (unpaired) electrons. The SMILES string of the molecule is CC(C)(C)NC(=O)[C@@H]1CC2CCCCC2CN1C[C@@H](O)[C@@H]1Cc2ccc(cc2)OCCCOc2cc3ccccc3cc2C(=O)N[C@@H](CC(N)=O)C(=O)N1. The zero-order valence-electron chi connectivity index (χ0n) is 31.6. The van der Waals surface area contributed by atoms with Crippen LogP contribution in [0.25, 0.3) is 10.8 Å². The number of carbonyl (C=O) groups excluding carboxylic acids is 4. The second-order valence-electron chi connectivity index (χ2n) is 16.2. The highest BCUT2D eigenvalue weighted by molar-refractivity contribution is 6.04. The van der Waals surface area contributed by atoms with Crippen molar-refractivity contribution in [2.75, 3.05) is 26.3 Å². The number of β-amino-alcohol motifs (C(OH)–C–C–N with tert-alkyl or cyclic N) is 1. The summed E-state index contributed by atoms with van der Waals surface area (Å²) in [5, 5.41) is 22.6. The van der Waals surface area contributed by atoms with Gasteiger partial charge in [0.15, 0.2) is 0 Å². The molecule has 3 heterocycles. The Morgan fingerprint density at radius 3 is 2.33 bits per heavy atom. The molecule has 0 aromatic heterocycles. The standard InChI is InChI=1S/C42H55N5O7/c1-42(2,3)46-41(52)35-21-28-10-6-7-12-30(28)24-47(35)25-36(48)33-19-26-13-15-31(16-14-26)53-17-8-18-54-37-22-29-11-5-4-9-27(29)20-32(37)39(50)45-34(23-38(43)49)40(51)44-33/h4-5,9,11,13-16,20,22,28,30,33-36,48H,6-8,10,12,17-19,21,23-25H2,1-3H3,(H2,43,49)(H,44,51)(H,45,50)(H,46,52)/t28?,30?,33-,34-,35-,36+/m0/s1. The number of fused-ring (bicyclic) bond motifs is 14. The number of aliphatic hydroxyl groups is 1. The van der Waals surface area contributed by atoms with Crippen LogP contribution in [-0.2, 0) is 20.8 Å². The fraction of sp³-hybridized carbons (Fsp3) is 0.524. The molecule has 1 aliphatic carbocycles. The Bertz CT molecular complexity index is 1810. The lowest BCUT2D eigenvalue weighted by Crippen LogP contribution is -2.61. The fourth-order valence-electron chi connectivity index (χ4n) is 8.13.